The van der Waals surface area contributed by atoms with Gasteiger partial charge in [-0.05, 0) is 43.9 Å². The fourth-order valence-electron chi connectivity index (χ4n) is 4.32. The summed E-state index contributed by atoms with van der Waals surface area (Å²) in [4.78, 5) is 35.6. The molecule has 29 heavy (non-hydrogen) atoms. The number of nitrogens with zero attached hydrogens (tertiary/aromatic N) is 1. The van der Waals surface area contributed by atoms with E-state index in [1.807, 2.05) is 31.2 Å². The van der Waals surface area contributed by atoms with Crippen molar-refractivity contribution in [1.82, 2.24) is 16.2 Å². The number of hydrogen-bond acceptors (Lipinski definition) is 6. The van der Waals surface area contributed by atoms with Crippen molar-refractivity contribution in [2.24, 2.45) is 11.8 Å². The minimum Gasteiger partial charge on any atom is -0.348 e. The van der Waals surface area contributed by atoms with E-state index in [1.165, 1.54) is 0 Å². The molecule has 0 aromatic heterocycles. The van der Waals surface area contributed by atoms with Crippen LogP contribution in [0, 0.1) is 22.0 Å². The number of nitrogens with one attached hydrogen (secondary N) is 4. The third kappa shape index (κ3) is 4.40. The zero-order valence-corrected chi connectivity index (χ0v) is 16.4. The predicted octanol–water partition coefficient (Wildman–Crippen LogP) is 1.50. The van der Waals surface area contributed by atoms with Crippen LogP contribution in [0.4, 0.5) is 5.69 Å². The van der Waals surface area contributed by atoms with Crippen LogP contribution in [-0.2, 0) is 9.59 Å². The maximum absolute atomic E-state index is 12.8. The summed E-state index contributed by atoms with van der Waals surface area (Å²) in [6.07, 6.45) is 3.55. The molecule has 2 aliphatic carbocycles. The van der Waals surface area contributed by atoms with E-state index in [4.69, 9.17) is 0 Å². The van der Waals surface area contributed by atoms with Gasteiger partial charge in [0.15, 0.2) is 0 Å². The molecule has 1 saturated heterocycles. The van der Waals surface area contributed by atoms with Gasteiger partial charge < -0.3 is 10.6 Å². The van der Waals surface area contributed by atoms with Crippen molar-refractivity contribution >= 4 is 17.5 Å². The summed E-state index contributed by atoms with van der Waals surface area (Å²) in [6.45, 7) is 1.90. The average molecular weight is 401 g/mol. The lowest BCUT2D eigenvalue weighted by atomic mass is 9.79. The van der Waals surface area contributed by atoms with Crippen LogP contribution in [0.15, 0.2) is 24.3 Å². The molecule has 0 spiro atoms. The Morgan fingerprint density at radius 3 is 2.48 bits per heavy atom. The van der Waals surface area contributed by atoms with Crippen LogP contribution in [0.1, 0.15) is 50.6 Å². The number of hydrazine groups is 1. The Morgan fingerprint density at radius 1 is 1.10 bits per heavy atom. The Bertz CT molecular complexity index is 795. The normalized spacial score (nSPS) is 29.6. The predicted molar refractivity (Wildman–Crippen MR) is 106 cm³/mol. The van der Waals surface area contributed by atoms with Crippen LogP contribution in [-0.4, -0.2) is 34.9 Å². The number of nitro groups is 1. The molecule has 4 rings (SSSR count). The lowest BCUT2D eigenvalue weighted by molar-refractivity contribution is -0.528. The van der Waals surface area contributed by atoms with Crippen molar-refractivity contribution in [1.29, 1.82) is 0 Å². The minimum absolute atomic E-state index is 0.0639. The Kier molecular flexibility index (Phi) is 5.51. The van der Waals surface area contributed by atoms with Gasteiger partial charge in [-0.15, -0.1) is 0 Å². The summed E-state index contributed by atoms with van der Waals surface area (Å²) in [5.41, 5.74) is 7.84. The van der Waals surface area contributed by atoms with E-state index in [2.05, 4.69) is 21.5 Å². The summed E-state index contributed by atoms with van der Waals surface area (Å²) >= 11 is 0. The highest BCUT2D eigenvalue weighted by molar-refractivity contribution is 5.94. The molecule has 5 atom stereocenters. The smallest absolute Gasteiger partial charge is 0.239 e. The average Bonchev–Trinajstić information content (AvgIpc) is 3.47. The molecule has 3 aliphatic rings. The van der Waals surface area contributed by atoms with Gasteiger partial charge in [-0.25, -0.2) is 5.43 Å². The van der Waals surface area contributed by atoms with Crippen molar-refractivity contribution in [3.05, 3.63) is 39.9 Å². The van der Waals surface area contributed by atoms with Gasteiger partial charge in [0.2, 0.25) is 17.9 Å². The molecular weight excluding hydrogens is 374 g/mol. The van der Waals surface area contributed by atoms with Crippen molar-refractivity contribution in [3.8, 4) is 0 Å². The van der Waals surface area contributed by atoms with Crippen LogP contribution in [0.5, 0.6) is 0 Å². The molecule has 2 amide bonds. The van der Waals surface area contributed by atoms with Crippen LogP contribution in [0.25, 0.3) is 0 Å². The molecule has 0 bridgehead atoms. The van der Waals surface area contributed by atoms with E-state index in [1.54, 1.807) is 0 Å². The Hall–Kier alpha value is -2.52. The number of anilines is 1. The van der Waals surface area contributed by atoms with Crippen LogP contribution < -0.4 is 21.5 Å². The first-order valence-corrected chi connectivity index (χ1v) is 10.3. The lowest BCUT2D eigenvalue weighted by Gasteiger charge is -2.29. The first-order valence-electron chi connectivity index (χ1n) is 10.3. The van der Waals surface area contributed by atoms with Gasteiger partial charge in [-0.3, -0.25) is 25.1 Å². The maximum atomic E-state index is 12.8. The van der Waals surface area contributed by atoms with E-state index in [0.29, 0.717) is 19.3 Å². The topological polar surface area (TPSA) is 125 Å². The fraction of sp³-hybridized carbons (Fsp3) is 0.600. The number of fused-ring (bicyclic) bond motifs is 1. The zero-order chi connectivity index (χ0) is 20.5. The van der Waals surface area contributed by atoms with Gasteiger partial charge in [-0.1, -0.05) is 12.1 Å². The summed E-state index contributed by atoms with van der Waals surface area (Å²) < 4.78 is 0. The number of carbonyl (C=O) groups excluding carboxylic acids is 2. The summed E-state index contributed by atoms with van der Waals surface area (Å²) in [7, 11) is 0. The van der Waals surface area contributed by atoms with Gasteiger partial charge >= 0.3 is 0 Å². The molecule has 1 aromatic carbocycles. The third-order valence-corrected chi connectivity index (χ3v) is 6.29. The minimum atomic E-state index is -0.580. The summed E-state index contributed by atoms with van der Waals surface area (Å²) in [6, 6.07) is 6.27. The van der Waals surface area contributed by atoms with Crippen LogP contribution in [0.3, 0.4) is 0 Å². The highest BCUT2D eigenvalue weighted by atomic mass is 16.6. The van der Waals surface area contributed by atoms with E-state index < -0.39 is 12.1 Å². The van der Waals surface area contributed by atoms with Crippen LogP contribution in [0.2, 0.25) is 0 Å². The zero-order valence-electron chi connectivity index (χ0n) is 16.4. The highest BCUT2D eigenvalue weighted by Gasteiger charge is 2.46. The molecule has 0 radical (unpaired) electrons. The molecule has 3 fully saturated rings. The molecule has 4 N–H and O–H groups in total. The molecule has 1 aliphatic heterocycles. The van der Waals surface area contributed by atoms with Crippen molar-refractivity contribution in [2.45, 2.75) is 63.2 Å². The second-order valence-electron chi connectivity index (χ2n) is 8.40. The van der Waals surface area contributed by atoms with Gasteiger partial charge in [-0.2, -0.15) is 0 Å². The largest absolute Gasteiger partial charge is 0.348 e. The third-order valence-electron chi connectivity index (χ3n) is 6.29. The quantitative estimate of drug-likeness (QED) is 0.423. The molecule has 9 nitrogen and oxygen atoms in total. The number of hydrogen-bond donors (Lipinski definition) is 4. The first-order chi connectivity index (χ1) is 13.9. The summed E-state index contributed by atoms with van der Waals surface area (Å²) in [5.74, 6) is -0.0353. The number of carbonyl (C=O) groups is 2. The number of rotatable bonds is 6. The van der Waals surface area contributed by atoms with Crippen molar-refractivity contribution < 1.29 is 14.5 Å². The van der Waals surface area contributed by atoms with Gasteiger partial charge in [0.05, 0.1) is 6.04 Å². The van der Waals surface area contributed by atoms with Gasteiger partial charge in [0.1, 0.15) is 6.04 Å². The first kappa shape index (κ1) is 19.8. The highest BCUT2D eigenvalue weighted by Crippen LogP contribution is 2.32. The molecule has 2 saturated carbocycles. The Morgan fingerprint density at radius 2 is 1.83 bits per heavy atom. The molecule has 1 heterocycles. The van der Waals surface area contributed by atoms with E-state index >= 15 is 0 Å². The number of benzene rings is 1. The van der Waals surface area contributed by atoms with E-state index in [0.717, 1.165) is 24.1 Å². The van der Waals surface area contributed by atoms with Crippen molar-refractivity contribution in [3.63, 3.8) is 0 Å². The monoisotopic (exact) mass is 401 g/mol. The SMILES string of the molecule is CC(NC(=O)C1NNC2CCC([N+](=O)[O-])CC21)c1ccc(NC(=O)C2CC2)cc1. The Labute approximate surface area is 169 Å². The van der Waals surface area contributed by atoms with Gasteiger partial charge in [0, 0.05) is 41.3 Å². The molecule has 5 unspecified atom stereocenters. The molecule has 156 valence electrons. The lowest BCUT2D eigenvalue weighted by Crippen LogP contribution is -2.47. The van der Waals surface area contributed by atoms with Crippen molar-refractivity contribution in [2.75, 3.05) is 5.32 Å². The van der Waals surface area contributed by atoms with Gasteiger partial charge in [0.25, 0.3) is 0 Å². The summed E-state index contributed by atoms with van der Waals surface area (Å²) in [5, 5.41) is 17.1. The van der Waals surface area contributed by atoms with E-state index in [-0.39, 0.29) is 40.7 Å². The van der Waals surface area contributed by atoms with E-state index in [9.17, 15) is 19.7 Å². The molecule has 1 aromatic rings. The fourth-order valence-corrected chi connectivity index (χ4v) is 4.32. The van der Waals surface area contributed by atoms with Crippen LogP contribution >= 0.6 is 0 Å². The maximum Gasteiger partial charge on any atom is 0.239 e. The number of amides is 2. The molecular formula is C20H27N5O4. The second kappa shape index (κ2) is 8.08. The Balaban J connectivity index is 1.34. The second-order valence-corrected chi connectivity index (χ2v) is 8.40. The standard InChI is InChI=1S/C20H27N5O4/c1-11(12-4-6-14(7-5-12)22-19(26)13-2-3-13)21-20(27)18-16-10-15(25(28)29)8-9-17(16)23-24-18/h4-7,11,13,15-18,23-24H,2-3,8-10H2,1H3,(H,21,27)(H,22,26). The molecule has 9 heteroatoms.